The van der Waals surface area contributed by atoms with E-state index in [4.69, 9.17) is 17.3 Å². The number of amides is 1. The van der Waals surface area contributed by atoms with E-state index in [1.165, 1.54) is 0 Å². The summed E-state index contributed by atoms with van der Waals surface area (Å²) in [7, 11) is 0. The lowest BCUT2D eigenvalue weighted by atomic mass is 9.96. The summed E-state index contributed by atoms with van der Waals surface area (Å²) in [5, 5.41) is 8.53. The molecule has 0 bridgehead atoms. The van der Waals surface area contributed by atoms with Crippen LogP contribution in [0.4, 0.5) is 0 Å². The molecule has 2 fully saturated rings. The molecule has 1 aromatic heterocycles. The Bertz CT molecular complexity index is 491. The third-order valence-electron chi connectivity index (χ3n) is 4.25. The number of hydrogen-bond donors (Lipinski definition) is 2. The summed E-state index contributed by atoms with van der Waals surface area (Å²) in [6.45, 7) is 1.89. The SMILES string of the molecule is Cc1nn(C2CCC(NC3CC3)(C(N)=O)C2)cc1Cl. The highest BCUT2D eigenvalue weighted by Crippen LogP contribution is 2.40. The van der Waals surface area contributed by atoms with Crippen molar-refractivity contribution in [1.29, 1.82) is 0 Å². The van der Waals surface area contributed by atoms with Crippen molar-refractivity contribution < 1.29 is 4.79 Å². The summed E-state index contributed by atoms with van der Waals surface area (Å²) in [6, 6.07) is 0.666. The molecule has 1 amide bonds. The fraction of sp³-hybridized carbons (Fsp3) is 0.692. The van der Waals surface area contributed by atoms with Gasteiger partial charge in [0.1, 0.15) is 0 Å². The zero-order valence-electron chi connectivity index (χ0n) is 11.0. The predicted octanol–water partition coefficient (Wildman–Crippen LogP) is 1.55. The van der Waals surface area contributed by atoms with Gasteiger partial charge in [-0.25, -0.2) is 0 Å². The third-order valence-corrected chi connectivity index (χ3v) is 4.62. The molecule has 104 valence electrons. The van der Waals surface area contributed by atoms with Gasteiger partial charge in [0.05, 0.1) is 22.3 Å². The number of carbonyl (C=O) groups excluding carboxylic acids is 1. The average Bonchev–Trinajstić information content (AvgIpc) is 2.94. The minimum atomic E-state index is -0.557. The molecular weight excluding hydrogens is 264 g/mol. The van der Waals surface area contributed by atoms with E-state index < -0.39 is 5.54 Å². The molecule has 0 aromatic carbocycles. The van der Waals surface area contributed by atoms with Crippen LogP contribution in [0.2, 0.25) is 5.02 Å². The second-order valence-corrected chi connectivity index (χ2v) is 6.21. The van der Waals surface area contributed by atoms with Crippen LogP contribution >= 0.6 is 11.6 Å². The van der Waals surface area contributed by atoms with Crippen molar-refractivity contribution in [2.75, 3.05) is 0 Å². The molecule has 1 aromatic rings. The van der Waals surface area contributed by atoms with E-state index in [1.54, 1.807) is 0 Å². The van der Waals surface area contributed by atoms with Crippen LogP contribution in [0.1, 0.15) is 43.8 Å². The average molecular weight is 283 g/mol. The molecule has 2 atom stereocenters. The second kappa shape index (κ2) is 4.49. The molecular formula is C13H19ClN4O. The molecule has 0 saturated heterocycles. The van der Waals surface area contributed by atoms with Gasteiger partial charge in [0, 0.05) is 12.2 Å². The molecule has 3 rings (SSSR count). The van der Waals surface area contributed by atoms with E-state index >= 15 is 0 Å². The number of primary amides is 1. The lowest BCUT2D eigenvalue weighted by Crippen LogP contribution is -2.54. The van der Waals surface area contributed by atoms with Crippen LogP contribution in [-0.2, 0) is 4.79 Å². The minimum absolute atomic E-state index is 0.199. The van der Waals surface area contributed by atoms with Crippen LogP contribution in [0.25, 0.3) is 0 Å². The van der Waals surface area contributed by atoms with Crippen LogP contribution in [0.5, 0.6) is 0 Å². The molecule has 1 heterocycles. The largest absolute Gasteiger partial charge is 0.368 e. The number of aryl methyl sites for hydroxylation is 1. The van der Waals surface area contributed by atoms with Gasteiger partial charge in [0.15, 0.2) is 0 Å². The Hall–Kier alpha value is -1.07. The maximum atomic E-state index is 11.8. The van der Waals surface area contributed by atoms with E-state index in [1.807, 2.05) is 17.8 Å². The summed E-state index contributed by atoms with van der Waals surface area (Å²) in [6.07, 6.45) is 6.52. The topological polar surface area (TPSA) is 72.9 Å². The molecule has 2 saturated carbocycles. The molecule has 0 aliphatic heterocycles. The highest BCUT2D eigenvalue weighted by molar-refractivity contribution is 6.31. The molecule has 6 heteroatoms. The first-order valence-corrected chi connectivity index (χ1v) is 7.17. The summed E-state index contributed by atoms with van der Waals surface area (Å²) in [4.78, 5) is 11.8. The van der Waals surface area contributed by atoms with Crippen molar-refractivity contribution in [3.05, 3.63) is 16.9 Å². The van der Waals surface area contributed by atoms with Crippen LogP contribution < -0.4 is 11.1 Å². The molecule has 2 aliphatic rings. The van der Waals surface area contributed by atoms with Gasteiger partial charge in [-0.1, -0.05) is 11.6 Å². The highest BCUT2D eigenvalue weighted by Gasteiger charge is 2.47. The lowest BCUT2D eigenvalue weighted by Gasteiger charge is -2.27. The Kier molecular flexibility index (Phi) is 3.06. The first-order chi connectivity index (χ1) is 9.00. The van der Waals surface area contributed by atoms with Crippen molar-refractivity contribution in [1.82, 2.24) is 15.1 Å². The number of hydrogen-bond acceptors (Lipinski definition) is 3. The number of nitrogens with zero attached hydrogens (tertiary/aromatic N) is 2. The maximum absolute atomic E-state index is 11.8. The Balaban J connectivity index is 1.78. The molecule has 2 aliphatic carbocycles. The van der Waals surface area contributed by atoms with Gasteiger partial charge in [0.2, 0.25) is 5.91 Å². The number of carbonyl (C=O) groups is 1. The number of nitrogens with two attached hydrogens (primary N) is 1. The third kappa shape index (κ3) is 2.37. The molecule has 19 heavy (non-hydrogen) atoms. The zero-order valence-corrected chi connectivity index (χ0v) is 11.8. The lowest BCUT2D eigenvalue weighted by molar-refractivity contribution is -0.124. The van der Waals surface area contributed by atoms with Crippen LogP contribution in [0, 0.1) is 6.92 Å². The Morgan fingerprint density at radius 1 is 1.58 bits per heavy atom. The Morgan fingerprint density at radius 2 is 2.32 bits per heavy atom. The van der Waals surface area contributed by atoms with Crippen molar-refractivity contribution in [2.24, 2.45) is 5.73 Å². The number of rotatable bonds is 4. The zero-order chi connectivity index (χ0) is 13.6. The summed E-state index contributed by atoms with van der Waals surface area (Å²) in [5.74, 6) is -0.239. The minimum Gasteiger partial charge on any atom is -0.368 e. The maximum Gasteiger partial charge on any atom is 0.237 e. The fourth-order valence-corrected chi connectivity index (χ4v) is 3.07. The predicted molar refractivity (Wildman–Crippen MR) is 72.9 cm³/mol. The normalized spacial score (nSPS) is 30.7. The van der Waals surface area contributed by atoms with Gasteiger partial charge in [-0.05, 0) is 39.0 Å². The number of aromatic nitrogens is 2. The standard InChI is InChI=1S/C13H19ClN4O/c1-8-11(14)7-18(17-8)10-4-5-13(6-10,12(15)19)16-9-2-3-9/h7,9-10,16H,2-6H2,1H3,(H2,15,19). The van der Waals surface area contributed by atoms with Gasteiger partial charge in [0.25, 0.3) is 0 Å². The first kappa shape index (κ1) is 12.9. The van der Waals surface area contributed by atoms with E-state index in [-0.39, 0.29) is 11.9 Å². The summed E-state index contributed by atoms with van der Waals surface area (Å²) < 4.78 is 1.89. The van der Waals surface area contributed by atoms with Crippen molar-refractivity contribution in [3.63, 3.8) is 0 Å². The van der Waals surface area contributed by atoms with E-state index in [0.717, 1.165) is 31.4 Å². The first-order valence-electron chi connectivity index (χ1n) is 6.79. The quantitative estimate of drug-likeness (QED) is 0.880. The van der Waals surface area contributed by atoms with Crippen LogP contribution in [-0.4, -0.2) is 27.3 Å². The van der Waals surface area contributed by atoms with E-state index in [2.05, 4.69) is 10.4 Å². The molecule has 0 radical (unpaired) electrons. The Labute approximate surface area is 117 Å². The molecule has 2 unspecified atom stereocenters. The second-order valence-electron chi connectivity index (χ2n) is 5.80. The van der Waals surface area contributed by atoms with Crippen molar-refractivity contribution >= 4 is 17.5 Å². The summed E-state index contributed by atoms with van der Waals surface area (Å²) >= 11 is 6.05. The van der Waals surface area contributed by atoms with Gasteiger partial charge < -0.3 is 11.1 Å². The van der Waals surface area contributed by atoms with E-state index in [9.17, 15) is 4.79 Å². The number of nitrogens with one attached hydrogen (secondary N) is 1. The smallest absolute Gasteiger partial charge is 0.237 e. The highest BCUT2D eigenvalue weighted by atomic mass is 35.5. The molecule has 5 nitrogen and oxygen atoms in total. The fourth-order valence-electron chi connectivity index (χ4n) is 2.94. The van der Waals surface area contributed by atoms with Gasteiger partial charge in [-0.2, -0.15) is 5.10 Å². The van der Waals surface area contributed by atoms with Crippen LogP contribution in [0.15, 0.2) is 6.20 Å². The molecule has 0 spiro atoms. The van der Waals surface area contributed by atoms with Crippen LogP contribution in [0.3, 0.4) is 0 Å². The summed E-state index contributed by atoms with van der Waals surface area (Å²) in [5.41, 5.74) is 5.90. The van der Waals surface area contributed by atoms with Crippen molar-refractivity contribution in [3.8, 4) is 0 Å². The van der Waals surface area contributed by atoms with Gasteiger partial charge in [-0.3, -0.25) is 9.48 Å². The molecule has 3 N–H and O–H groups in total. The van der Waals surface area contributed by atoms with Crippen molar-refractivity contribution in [2.45, 2.75) is 56.7 Å². The van der Waals surface area contributed by atoms with Gasteiger partial charge >= 0.3 is 0 Å². The van der Waals surface area contributed by atoms with Gasteiger partial charge in [-0.15, -0.1) is 0 Å². The number of halogens is 1. The monoisotopic (exact) mass is 282 g/mol. The Morgan fingerprint density at radius 3 is 2.84 bits per heavy atom. The van der Waals surface area contributed by atoms with E-state index in [0.29, 0.717) is 17.5 Å².